The van der Waals surface area contributed by atoms with Crippen LogP contribution in [0, 0.1) is 6.92 Å². The number of oxazole rings is 1. The molecule has 0 radical (unpaired) electrons. The first kappa shape index (κ1) is 8.52. The number of carbonyl (C=O) groups excluding carboxylic acids is 1. The van der Waals surface area contributed by atoms with Crippen LogP contribution in [0.5, 0.6) is 0 Å². The molecule has 0 atom stereocenters. The van der Waals surface area contributed by atoms with Crippen molar-refractivity contribution in [2.45, 2.75) is 6.92 Å². The van der Waals surface area contributed by atoms with Crippen molar-refractivity contribution in [1.82, 2.24) is 10.3 Å². The highest BCUT2D eigenvalue weighted by Crippen LogP contribution is 2.00. The van der Waals surface area contributed by atoms with E-state index in [1.54, 1.807) is 13.0 Å². The minimum Gasteiger partial charge on any atom is -0.438 e. The van der Waals surface area contributed by atoms with Gasteiger partial charge in [-0.2, -0.15) is 0 Å². The molecule has 1 amide bonds. The standard InChI is InChI=1S/C8H10N2O2/c1-3-4-9-7(11)8-10-5-6(2)12-8/h3,5H,1,4H2,2H3,(H,9,11). The van der Waals surface area contributed by atoms with Crippen LogP contribution in [0.25, 0.3) is 0 Å². The van der Waals surface area contributed by atoms with Crippen LogP contribution >= 0.6 is 0 Å². The largest absolute Gasteiger partial charge is 0.438 e. The summed E-state index contributed by atoms with van der Waals surface area (Å²) in [6.45, 7) is 5.62. The number of nitrogens with zero attached hydrogens (tertiary/aromatic N) is 1. The van der Waals surface area contributed by atoms with Gasteiger partial charge in [0.1, 0.15) is 5.76 Å². The number of amides is 1. The summed E-state index contributed by atoms with van der Waals surface area (Å²) in [5, 5.41) is 2.55. The molecule has 64 valence electrons. The van der Waals surface area contributed by atoms with Crippen LogP contribution in [-0.4, -0.2) is 17.4 Å². The summed E-state index contributed by atoms with van der Waals surface area (Å²) in [5.74, 6) is 0.399. The van der Waals surface area contributed by atoms with Gasteiger partial charge in [-0.1, -0.05) is 6.08 Å². The maximum absolute atomic E-state index is 11.1. The van der Waals surface area contributed by atoms with Crippen molar-refractivity contribution in [2.24, 2.45) is 0 Å². The predicted octanol–water partition coefficient (Wildman–Crippen LogP) is 0.899. The molecule has 0 bridgehead atoms. The van der Waals surface area contributed by atoms with E-state index in [-0.39, 0.29) is 11.8 Å². The molecular weight excluding hydrogens is 156 g/mol. The van der Waals surface area contributed by atoms with Gasteiger partial charge < -0.3 is 9.73 Å². The molecule has 0 spiro atoms. The van der Waals surface area contributed by atoms with Crippen molar-refractivity contribution >= 4 is 5.91 Å². The molecule has 0 aromatic carbocycles. The normalized spacial score (nSPS) is 9.42. The Morgan fingerprint density at radius 3 is 3.17 bits per heavy atom. The van der Waals surface area contributed by atoms with Crippen molar-refractivity contribution in [1.29, 1.82) is 0 Å². The molecule has 1 heterocycles. The highest BCUT2D eigenvalue weighted by molar-refractivity contribution is 5.89. The zero-order valence-electron chi connectivity index (χ0n) is 6.83. The Kier molecular flexibility index (Phi) is 2.63. The van der Waals surface area contributed by atoms with Gasteiger partial charge >= 0.3 is 5.91 Å². The Morgan fingerprint density at radius 1 is 1.92 bits per heavy atom. The van der Waals surface area contributed by atoms with E-state index in [1.807, 2.05) is 0 Å². The summed E-state index contributed by atoms with van der Waals surface area (Å²) in [4.78, 5) is 14.9. The first-order chi connectivity index (χ1) is 5.74. The van der Waals surface area contributed by atoms with E-state index in [4.69, 9.17) is 4.42 Å². The van der Waals surface area contributed by atoms with Gasteiger partial charge in [-0.15, -0.1) is 6.58 Å². The molecule has 1 N–H and O–H groups in total. The van der Waals surface area contributed by atoms with Crippen LogP contribution in [0.4, 0.5) is 0 Å². The third-order valence-corrected chi connectivity index (χ3v) is 1.22. The van der Waals surface area contributed by atoms with Gasteiger partial charge in [-0.25, -0.2) is 4.98 Å². The molecule has 0 saturated carbocycles. The number of rotatable bonds is 3. The van der Waals surface area contributed by atoms with Gasteiger partial charge in [0.05, 0.1) is 6.20 Å². The van der Waals surface area contributed by atoms with Crippen molar-refractivity contribution in [2.75, 3.05) is 6.54 Å². The molecule has 1 aromatic heterocycles. The smallest absolute Gasteiger partial charge is 0.307 e. The SMILES string of the molecule is C=CCNC(=O)c1ncc(C)o1. The van der Waals surface area contributed by atoms with Crippen LogP contribution in [0.15, 0.2) is 23.3 Å². The molecule has 12 heavy (non-hydrogen) atoms. The van der Waals surface area contributed by atoms with Gasteiger partial charge in [-0.3, -0.25) is 4.79 Å². The quantitative estimate of drug-likeness (QED) is 0.678. The Labute approximate surface area is 70.3 Å². The lowest BCUT2D eigenvalue weighted by Crippen LogP contribution is -2.23. The molecule has 1 aromatic rings. The maximum atomic E-state index is 11.1. The molecule has 0 aliphatic rings. The maximum Gasteiger partial charge on any atom is 0.307 e. The predicted molar refractivity (Wildman–Crippen MR) is 43.8 cm³/mol. The second kappa shape index (κ2) is 3.71. The fraction of sp³-hybridized carbons (Fsp3) is 0.250. The molecule has 0 aliphatic carbocycles. The number of carbonyl (C=O) groups is 1. The summed E-state index contributed by atoms with van der Waals surface area (Å²) in [6.07, 6.45) is 3.09. The summed E-state index contributed by atoms with van der Waals surface area (Å²) in [7, 11) is 0. The lowest BCUT2D eigenvalue weighted by molar-refractivity contribution is 0.0922. The van der Waals surface area contributed by atoms with Crippen molar-refractivity contribution in [3.63, 3.8) is 0 Å². The third-order valence-electron chi connectivity index (χ3n) is 1.22. The lowest BCUT2D eigenvalue weighted by atomic mass is 10.5. The lowest BCUT2D eigenvalue weighted by Gasteiger charge is -1.95. The Balaban J connectivity index is 2.59. The zero-order valence-corrected chi connectivity index (χ0v) is 6.83. The number of aryl methyl sites for hydroxylation is 1. The highest BCUT2D eigenvalue weighted by Gasteiger charge is 2.09. The van der Waals surface area contributed by atoms with Crippen LogP contribution in [0.2, 0.25) is 0 Å². The average molecular weight is 166 g/mol. The van der Waals surface area contributed by atoms with Crippen LogP contribution in [-0.2, 0) is 0 Å². The minimum absolute atomic E-state index is 0.0920. The number of nitrogens with one attached hydrogen (secondary N) is 1. The van der Waals surface area contributed by atoms with Gasteiger partial charge in [-0.05, 0) is 6.92 Å². The minimum atomic E-state index is -0.317. The summed E-state index contributed by atoms with van der Waals surface area (Å²) in [6, 6.07) is 0. The summed E-state index contributed by atoms with van der Waals surface area (Å²) < 4.78 is 4.98. The fourth-order valence-corrected chi connectivity index (χ4v) is 0.700. The first-order valence-electron chi connectivity index (χ1n) is 3.55. The third kappa shape index (κ3) is 1.95. The average Bonchev–Trinajstić information content (AvgIpc) is 2.47. The second-order valence-corrected chi connectivity index (χ2v) is 2.27. The number of hydrogen-bond acceptors (Lipinski definition) is 3. The molecular formula is C8H10N2O2. The molecule has 4 heteroatoms. The molecule has 4 nitrogen and oxygen atoms in total. The van der Waals surface area contributed by atoms with Crippen molar-refractivity contribution < 1.29 is 9.21 Å². The molecule has 0 unspecified atom stereocenters. The first-order valence-corrected chi connectivity index (χ1v) is 3.55. The molecule has 0 aliphatic heterocycles. The highest BCUT2D eigenvalue weighted by atomic mass is 16.4. The van der Waals surface area contributed by atoms with Gasteiger partial charge in [0.2, 0.25) is 0 Å². The van der Waals surface area contributed by atoms with E-state index in [2.05, 4.69) is 16.9 Å². The number of hydrogen-bond donors (Lipinski definition) is 1. The number of aromatic nitrogens is 1. The van der Waals surface area contributed by atoms with E-state index >= 15 is 0 Å². The van der Waals surface area contributed by atoms with E-state index in [0.29, 0.717) is 12.3 Å². The zero-order chi connectivity index (χ0) is 8.97. The fourth-order valence-electron chi connectivity index (χ4n) is 0.700. The monoisotopic (exact) mass is 166 g/mol. The van der Waals surface area contributed by atoms with E-state index in [0.717, 1.165) is 0 Å². The van der Waals surface area contributed by atoms with Crippen LogP contribution in [0.1, 0.15) is 16.4 Å². The van der Waals surface area contributed by atoms with E-state index in [1.165, 1.54) is 6.20 Å². The van der Waals surface area contributed by atoms with E-state index in [9.17, 15) is 4.79 Å². The molecule has 0 saturated heterocycles. The Bertz CT molecular complexity index is 291. The second-order valence-electron chi connectivity index (χ2n) is 2.27. The topological polar surface area (TPSA) is 55.1 Å². The molecule has 0 fully saturated rings. The summed E-state index contributed by atoms with van der Waals surface area (Å²) in [5.41, 5.74) is 0. The van der Waals surface area contributed by atoms with Crippen molar-refractivity contribution in [3.05, 3.63) is 30.5 Å². The Hall–Kier alpha value is -1.58. The van der Waals surface area contributed by atoms with Gasteiger partial charge in [0.15, 0.2) is 0 Å². The van der Waals surface area contributed by atoms with Crippen LogP contribution in [0.3, 0.4) is 0 Å². The van der Waals surface area contributed by atoms with Gasteiger partial charge in [0, 0.05) is 6.54 Å². The van der Waals surface area contributed by atoms with E-state index < -0.39 is 0 Å². The van der Waals surface area contributed by atoms with Gasteiger partial charge in [0.25, 0.3) is 5.89 Å². The molecule has 1 rings (SSSR count). The Morgan fingerprint density at radius 2 is 2.67 bits per heavy atom. The summed E-state index contributed by atoms with van der Waals surface area (Å²) >= 11 is 0. The van der Waals surface area contributed by atoms with Crippen molar-refractivity contribution in [3.8, 4) is 0 Å². The van der Waals surface area contributed by atoms with Crippen LogP contribution < -0.4 is 5.32 Å².